The molecule has 1 aromatic rings. The molecule has 0 bridgehead atoms. The number of thiocarbonyl (C=S) groups is 1. The average molecular weight is 458 g/mol. The Labute approximate surface area is 179 Å². The standard InChI is InChI=1S/C17H19N3O4S4/c1-3-18-7-8-26-11(18)6-5-10-14(23)19(4-2)16(27-10)13-15(24)20(9-12(21)22)17(25)28-13/h5-6H,3-4,7-9H2,1-2H3,(H,21,22). The van der Waals surface area contributed by atoms with Crippen molar-refractivity contribution in [1.29, 1.82) is 0 Å². The van der Waals surface area contributed by atoms with Gasteiger partial charge < -0.3 is 10.0 Å². The fourth-order valence-corrected chi connectivity index (χ4v) is 6.47. The molecule has 3 heterocycles. The predicted molar refractivity (Wildman–Crippen MR) is 119 cm³/mol. The van der Waals surface area contributed by atoms with E-state index in [1.54, 1.807) is 22.4 Å². The molecule has 0 aromatic carbocycles. The van der Waals surface area contributed by atoms with Gasteiger partial charge in [-0.3, -0.25) is 23.9 Å². The van der Waals surface area contributed by atoms with E-state index in [0.29, 0.717) is 20.6 Å². The highest BCUT2D eigenvalue weighted by Gasteiger charge is 2.35. The van der Waals surface area contributed by atoms with Gasteiger partial charge in [-0.2, -0.15) is 0 Å². The number of amides is 1. The Hall–Kier alpha value is -1.56. The van der Waals surface area contributed by atoms with Crippen LogP contribution in [0.3, 0.4) is 0 Å². The summed E-state index contributed by atoms with van der Waals surface area (Å²) in [6.07, 6.45) is 3.75. The summed E-state index contributed by atoms with van der Waals surface area (Å²) >= 11 is 9.20. The van der Waals surface area contributed by atoms with Crippen LogP contribution in [0.1, 0.15) is 13.8 Å². The van der Waals surface area contributed by atoms with Gasteiger partial charge in [-0.25, -0.2) is 0 Å². The van der Waals surface area contributed by atoms with E-state index in [-0.39, 0.29) is 9.88 Å². The van der Waals surface area contributed by atoms with Crippen LogP contribution in [0.25, 0.3) is 11.0 Å². The second-order valence-corrected chi connectivity index (χ2v) is 9.69. The summed E-state index contributed by atoms with van der Waals surface area (Å²) in [7, 11) is 0. The molecule has 0 saturated carbocycles. The minimum Gasteiger partial charge on any atom is -0.480 e. The van der Waals surface area contributed by atoms with E-state index < -0.39 is 18.4 Å². The lowest BCUT2D eigenvalue weighted by molar-refractivity contribution is -0.140. The Morgan fingerprint density at radius 3 is 2.64 bits per heavy atom. The third-order valence-electron chi connectivity index (χ3n) is 4.24. The SMILES string of the molecule is CCN1CCSC1=CC=c1sc(=C2SC(=S)N(CC(=O)O)C2=O)n(CC)c1=O. The maximum Gasteiger partial charge on any atom is 0.323 e. The van der Waals surface area contributed by atoms with Crippen LogP contribution in [0.2, 0.25) is 0 Å². The molecule has 2 aliphatic rings. The van der Waals surface area contributed by atoms with Gasteiger partial charge in [-0.05, 0) is 26.0 Å². The molecule has 0 radical (unpaired) electrons. The largest absolute Gasteiger partial charge is 0.480 e. The van der Waals surface area contributed by atoms with Gasteiger partial charge in [0.2, 0.25) is 0 Å². The monoisotopic (exact) mass is 457 g/mol. The Morgan fingerprint density at radius 2 is 2.00 bits per heavy atom. The second-order valence-electron chi connectivity index (χ2n) is 5.90. The fraction of sp³-hybridized carbons (Fsp3) is 0.412. The molecule has 1 amide bonds. The lowest BCUT2D eigenvalue weighted by Gasteiger charge is -2.14. The van der Waals surface area contributed by atoms with Gasteiger partial charge in [0, 0.05) is 25.4 Å². The number of nitrogens with zero attached hydrogens (tertiary/aromatic N) is 3. The van der Waals surface area contributed by atoms with Crippen LogP contribution in [-0.2, 0) is 16.1 Å². The molecule has 3 rings (SSSR count). The number of carbonyl (C=O) groups excluding carboxylic acids is 1. The van der Waals surface area contributed by atoms with Gasteiger partial charge in [-0.1, -0.05) is 24.0 Å². The van der Waals surface area contributed by atoms with Gasteiger partial charge in [-0.15, -0.1) is 23.1 Å². The summed E-state index contributed by atoms with van der Waals surface area (Å²) in [6, 6.07) is 0. The summed E-state index contributed by atoms with van der Waals surface area (Å²) in [5, 5.41) is 10.1. The van der Waals surface area contributed by atoms with Crippen molar-refractivity contribution in [2.24, 2.45) is 0 Å². The zero-order valence-electron chi connectivity index (χ0n) is 15.3. The van der Waals surface area contributed by atoms with Crippen molar-refractivity contribution in [2.75, 3.05) is 25.4 Å². The Balaban J connectivity index is 2.09. The average Bonchev–Trinajstić information content (AvgIpc) is 3.31. The van der Waals surface area contributed by atoms with E-state index in [9.17, 15) is 14.4 Å². The van der Waals surface area contributed by atoms with E-state index in [0.717, 1.165) is 40.5 Å². The minimum absolute atomic E-state index is 0.158. The highest BCUT2D eigenvalue weighted by Crippen LogP contribution is 2.31. The van der Waals surface area contributed by atoms with Gasteiger partial charge in [0.25, 0.3) is 11.5 Å². The number of allylic oxidation sites excluding steroid dienone is 1. The van der Waals surface area contributed by atoms with Crippen LogP contribution >= 0.6 is 47.1 Å². The number of thioether (sulfide) groups is 2. The number of carboxylic acids is 1. The first-order valence-corrected chi connectivity index (χ1v) is 11.7. The number of aromatic nitrogens is 1. The zero-order chi connectivity index (χ0) is 20.4. The lowest BCUT2D eigenvalue weighted by Crippen LogP contribution is -2.35. The molecule has 150 valence electrons. The number of carboxylic acid groups (broad SMARTS) is 1. The molecule has 11 heteroatoms. The molecule has 0 spiro atoms. The van der Waals surface area contributed by atoms with Crippen LogP contribution < -0.4 is 14.8 Å². The number of hydrogen-bond acceptors (Lipinski definition) is 8. The molecule has 1 aromatic heterocycles. The quantitative estimate of drug-likeness (QED) is 0.647. The highest BCUT2D eigenvalue weighted by atomic mass is 32.2. The van der Waals surface area contributed by atoms with Crippen molar-refractivity contribution < 1.29 is 14.7 Å². The van der Waals surface area contributed by atoms with E-state index in [2.05, 4.69) is 11.8 Å². The van der Waals surface area contributed by atoms with Gasteiger partial charge in [0.05, 0.1) is 9.56 Å². The molecule has 2 saturated heterocycles. The molecule has 0 unspecified atom stereocenters. The Morgan fingerprint density at radius 1 is 1.25 bits per heavy atom. The summed E-state index contributed by atoms with van der Waals surface area (Å²) in [6.45, 7) is 5.78. The Bertz CT molecular complexity index is 1040. The topological polar surface area (TPSA) is 82.8 Å². The second kappa shape index (κ2) is 8.85. The first kappa shape index (κ1) is 21.2. The van der Waals surface area contributed by atoms with Crippen molar-refractivity contribution >= 4 is 74.3 Å². The maximum absolute atomic E-state index is 12.8. The van der Waals surface area contributed by atoms with Crippen molar-refractivity contribution in [2.45, 2.75) is 20.4 Å². The third-order valence-corrected chi connectivity index (χ3v) is 8.03. The van der Waals surface area contributed by atoms with Crippen LogP contribution in [0.15, 0.2) is 15.9 Å². The van der Waals surface area contributed by atoms with E-state index >= 15 is 0 Å². The van der Waals surface area contributed by atoms with E-state index in [1.165, 1.54) is 11.3 Å². The molecule has 0 aliphatic carbocycles. The Kier molecular flexibility index (Phi) is 6.69. The van der Waals surface area contributed by atoms with Crippen molar-refractivity contribution in [3.8, 4) is 0 Å². The van der Waals surface area contributed by atoms with Crippen LogP contribution in [0.4, 0.5) is 0 Å². The fourth-order valence-electron chi connectivity index (χ4n) is 2.86. The molecule has 28 heavy (non-hydrogen) atoms. The first-order valence-electron chi connectivity index (χ1n) is 8.66. The predicted octanol–water partition coefficient (Wildman–Crippen LogP) is 0.673. The van der Waals surface area contributed by atoms with Crippen LogP contribution in [0.5, 0.6) is 0 Å². The minimum atomic E-state index is -1.13. The number of carbonyl (C=O) groups is 2. The van der Waals surface area contributed by atoms with E-state index in [4.69, 9.17) is 17.3 Å². The van der Waals surface area contributed by atoms with Crippen molar-refractivity contribution in [3.05, 3.63) is 30.7 Å². The summed E-state index contributed by atoms with van der Waals surface area (Å²) in [5.74, 6) is -0.566. The normalized spacial score (nSPS) is 21.5. The molecule has 0 atom stereocenters. The van der Waals surface area contributed by atoms with Crippen LogP contribution in [-0.4, -0.2) is 61.1 Å². The summed E-state index contributed by atoms with van der Waals surface area (Å²) in [5.41, 5.74) is -0.158. The molecule has 1 N–H and O–H groups in total. The van der Waals surface area contributed by atoms with Crippen LogP contribution in [0, 0.1) is 0 Å². The smallest absolute Gasteiger partial charge is 0.323 e. The maximum atomic E-state index is 12.8. The highest BCUT2D eigenvalue weighted by molar-refractivity contribution is 8.30. The molecule has 2 aliphatic heterocycles. The third kappa shape index (κ3) is 4.07. The molecule has 2 fully saturated rings. The number of rotatable bonds is 5. The number of hydrogen-bond donors (Lipinski definition) is 1. The molecular formula is C17H19N3O4S4. The van der Waals surface area contributed by atoms with Gasteiger partial charge >= 0.3 is 5.97 Å². The van der Waals surface area contributed by atoms with Crippen molar-refractivity contribution in [3.63, 3.8) is 0 Å². The summed E-state index contributed by atoms with van der Waals surface area (Å²) in [4.78, 5) is 40.1. The van der Waals surface area contributed by atoms with Gasteiger partial charge in [0.15, 0.2) is 0 Å². The number of aliphatic carboxylic acids is 1. The number of thiazole rings is 1. The van der Waals surface area contributed by atoms with Gasteiger partial charge in [0.1, 0.15) is 20.4 Å². The van der Waals surface area contributed by atoms with Crippen molar-refractivity contribution in [1.82, 2.24) is 14.4 Å². The zero-order valence-corrected chi connectivity index (χ0v) is 18.6. The molecule has 7 nitrogen and oxygen atoms in total. The molecular weight excluding hydrogens is 438 g/mol. The van der Waals surface area contributed by atoms with E-state index in [1.807, 2.05) is 13.0 Å². The first-order chi connectivity index (χ1) is 13.4. The lowest BCUT2D eigenvalue weighted by atomic mass is 10.4. The summed E-state index contributed by atoms with van der Waals surface area (Å²) < 4.78 is 2.80.